The van der Waals surface area contributed by atoms with E-state index in [1.54, 1.807) is 38.5 Å². The summed E-state index contributed by atoms with van der Waals surface area (Å²) in [6.45, 7) is 1.73. The van der Waals surface area contributed by atoms with Crippen LogP contribution in [-0.2, 0) is 16.1 Å². The summed E-state index contributed by atoms with van der Waals surface area (Å²) in [5.41, 5.74) is 2.21. The highest BCUT2D eigenvalue weighted by molar-refractivity contribution is 5.71. The first-order valence-corrected chi connectivity index (χ1v) is 8.62. The lowest BCUT2D eigenvalue weighted by Crippen LogP contribution is -2.15. The van der Waals surface area contributed by atoms with Crippen LogP contribution >= 0.6 is 0 Å². The van der Waals surface area contributed by atoms with Crippen LogP contribution in [0.5, 0.6) is 17.2 Å². The van der Waals surface area contributed by atoms with Gasteiger partial charge in [0.1, 0.15) is 18.1 Å². The second-order valence-electron chi connectivity index (χ2n) is 5.97. The summed E-state index contributed by atoms with van der Waals surface area (Å²) in [5, 5.41) is 3.93. The molecule has 0 spiro atoms. The van der Waals surface area contributed by atoms with Gasteiger partial charge in [-0.05, 0) is 36.8 Å². The topological polar surface area (TPSA) is 80.0 Å². The number of methoxy groups -OCH3 is 2. The summed E-state index contributed by atoms with van der Waals surface area (Å²) in [5.74, 6) is 1.89. The standard InChI is InChI=1S/C21H21NO6/c1-14-6-4-5-7-17(14)26-13-21(23)27-12-16-11-19(28-22-16)15-8-9-18(24-2)20(10-15)25-3/h4-11H,12-13H2,1-3H3. The second-order valence-corrected chi connectivity index (χ2v) is 5.97. The maximum atomic E-state index is 11.9. The SMILES string of the molecule is COc1ccc(-c2cc(COC(=O)COc3ccccc3C)no2)cc1OC. The lowest BCUT2D eigenvalue weighted by Gasteiger charge is -2.08. The first-order valence-electron chi connectivity index (χ1n) is 8.62. The molecule has 0 aliphatic heterocycles. The summed E-state index contributed by atoms with van der Waals surface area (Å²) in [7, 11) is 3.13. The van der Waals surface area contributed by atoms with Gasteiger partial charge in [0.25, 0.3) is 0 Å². The van der Waals surface area contributed by atoms with Gasteiger partial charge in [-0.1, -0.05) is 23.4 Å². The van der Waals surface area contributed by atoms with Crippen molar-refractivity contribution in [1.29, 1.82) is 0 Å². The van der Waals surface area contributed by atoms with Crippen molar-refractivity contribution in [1.82, 2.24) is 5.16 Å². The van der Waals surface area contributed by atoms with E-state index in [4.69, 9.17) is 23.5 Å². The number of rotatable bonds is 8. The number of aromatic nitrogens is 1. The van der Waals surface area contributed by atoms with Gasteiger partial charge >= 0.3 is 5.97 Å². The molecule has 1 heterocycles. The number of benzene rings is 2. The fraction of sp³-hybridized carbons (Fsp3) is 0.238. The van der Waals surface area contributed by atoms with Crippen LogP contribution < -0.4 is 14.2 Å². The third-order valence-corrected chi connectivity index (χ3v) is 4.05. The number of hydrogen-bond donors (Lipinski definition) is 0. The Balaban J connectivity index is 1.56. The zero-order valence-electron chi connectivity index (χ0n) is 15.9. The Bertz CT molecular complexity index is 950. The Hall–Kier alpha value is -3.48. The summed E-state index contributed by atoms with van der Waals surface area (Å²) in [4.78, 5) is 11.9. The van der Waals surface area contributed by atoms with E-state index in [9.17, 15) is 4.79 Å². The summed E-state index contributed by atoms with van der Waals surface area (Å²) in [6, 6.07) is 14.6. The Labute approximate surface area is 162 Å². The highest BCUT2D eigenvalue weighted by atomic mass is 16.6. The number of esters is 1. The van der Waals surface area contributed by atoms with Gasteiger partial charge in [-0.15, -0.1) is 0 Å². The molecule has 1 aromatic heterocycles. The number of ether oxygens (including phenoxy) is 4. The molecular weight excluding hydrogens is 362 g/mol. The molecule has 146 valence electrons. The average Bonchev–Trinajstić information content (AvgIpc) is 3.20. The van der Waals surface area contributed by atoms with Crippen LogP contribution in [0.2, 0.25) is 0 Å². The van der Waals surface area contributed by atoms with Crippen molar-refractivity contribution < 1.29 is 28.3 Å². The summed E-state index contributed by atoms with van der Waals surface area (Å²) in [6.07, 6.45) is 0. The zero-order valence-corrected chi connectivity index (χ0v) is 15.9. The Morgan fingerprint density at radius 2 is 1.79 bits per heavy atom. The van der Waals surface area contributed by atoms with E-state index < -0.39 is 5.97 Å². The highest BCUT2D eigenvalue weighted by Crippen LogP contribution is 2.32. The van der Waals surface area contributed by atoms with Crippen LogP contribution in [0.15, 0.2) is 53.1 Å². The van der Waals surface area contributed by atoms with Gasteiger partial charge in [-0.2, -0.15) is 0 Å². The van der Waals surface area contributed by atoms with Crippen molar-refractivity contribution in [2.75, 3.05) is 20.8 Å². The van der Waals surface area contributed by atoms with Crippen molar-refractivity contribution in [2.45, 2.75) is 13.5 Å². The third-order valence-electron chi connectivity index (χ3n) is 4.05. The number of aryl methyl sites for hydroxylation is 1. The first kappa shape index (κ1) is 19.3. The molecule has 0 N–H and O–H groups in total. The van der Waals surface area contributed by atoms with Gasteiger partial charge in [0, 0.05) is 11.6 Å². The molecule has 28 heavy (non-hydrogen) atoms. The molecule has 7 heteroatoms. The normalized spacial score (nSPS) is 10.4. The fourth-order valence-electron chi connectivity index (χ4n) is 2.56. The van der Waals surface area contributed by atoms with Crippen LogP contribution in [0.1, 0.15) is 11.3 Å². The number of hydrogen-bond acceptors (Lipinski definition) is 7. The van der Waals surface area contributed by atoms with Gasteiger partial charge < -0.3 is 23.5 Å². The van der Waals surface area contributed by atoms with Gasteiger partial charge in [-0.25, -0.2) is 4.79 Å². The molecule has 0 bridgehead atoms. The largest absolute Gasteiger partial charge is 0.493 e. The van der Waals surface area contributed by atoms with Gasteiger partial charge in [0.05, 0.1) is 14.2 Å². The molecule has 0 saturated carbocycles. The van der Waals surface area contributed by atoms with E-state index in [1.165, 1.54) is 0 Å². The van der Waals surface area contributed by atoms with E-state index in [2.05, 4.69) is 5.16 Å². The molecule has 0 amide bonds. The fourth-order valence-corrected chi connectivity index (χ4v) is 2.56. The van der Waals surface area contributed by atoms with E-state index in [-0.39, 0.29) is 13.2 Å². The quantitative estimate of drug-likeness (QED) is 0.548. The summed E-state index contributed by atoms with van der Waals surface area (Å²) < 4.78 is 26.5. The second kappa shape index (κ2) is 8.94. The lowest BCUT2D eigenvalue weighted by molar-refractivity contribution is -0.147. The minimum Gasteiger partial charge on any atom is -0.493 e. The molecule has 2 aromatic carbocycles. The molecule has 3 rings (SSSR count). The Kier molecular flexibility index (Phi) is 6.16. The minimum atomic E-state index is -0.487. The molecule has 0 saturated heterocycles. The molecule has 0 fully saturated rings. The van der Waals surface area contributed by atoms with Crippen molar-refractivity contribution >= 4 is 5.97 Å². The van der Waals surface area contributed by atoms with E-state index >= 15 is 0 Å². The number of nitrogens with zero attached hydrogens (tertiary/aromatic N) is 1. The van der Waals surface area contributed by atoms with Crippen molar-refractivity contribution in [2.24, 2.45) is 0 Å². The average molecular weight is 383 g/mol. The molecule has 7 nitrogen and oxygen atoms in total. The van der Waals surface area contributed by atoms with Gasteiger partial charge in [0.2, 0.25) is 0 Å². The third kappa shape index (κ3) is 4.62. The molecule has 0 aliphatic carbocycles. The van der Waals surface area contributed by atoms with Crippen LogP contribution in [0.4, 0.5) is 0 Å². The van der Waals surface area contributed by atoms with Crippen LogP contribution in [0, 0.1) is 6.92 Å². The highest BCUT2D eigenvalue weighted by Gasteiger charge is 2.13. The van der Waals surface area contributed by atoms with Crippen molar-refractivity contribution in [3.8, 4) is 28.6 Å². The maximum absolute atomic E-state index is 11.9. The molecule has 0 radical (unpaired) electrons. The van der Waals surface area contributed by atoms with Crippen molar-refractivity contribution in [3.63, 3.8) is 0 Å². The predicted molar refractivity (Wildman–Crippen MR) is 102 cm³/mol. The molecule has 0 unspecified atom stereocenters. The maximum Gasteiger partial charge on any atom is 0.344 e. The number of carbonyl (C=O) groups is 1. The Morgan fingerprint density at radius 3 is 2.54 bits per heavy atom. The molecular formula is C21H21NO6. The van der Waals surface area contributed by atoms with Gasteiger partial charge in [-0.3, -0.25) is 0 Å². The van der Waals surface area contributed by atoms with Gasteiger partial charge in [0.15, 0.2) is 23.9 Å². The molecule has 0 atom stereocenters. The first-order chi connectivity index (χ1) is 13.6. The van der Waals surface area contributed by atoms with Crippen LogP contribution in [0.3, 0.4) is 0 Å². The molecule has 3 aromatic rings. The predicted octanol–water partition coefficient (Wildman–Crippen LogP) is 3.79. The molecule has 0 aliphatic rings. The monoisotopic (exact) mass is 383 g/mol. The van der Waals surface area contributed by atoms with Crippen LogP contribution in [-0.4, -0.2) is 32.0 Å². The zero-order chi connectivity index (χ0) is 19.9. The van der Waals surface area contributed by atoms with E-state index in [0.29, 0.717) is 28.7 Å². The minimum absolute atomic E-state index is 0.00719. The summed E-state index contributed by atoms with van der Waals surface area (Å²) >= 11 is 0. The van der Waals surface area contributed by atoms with Crippen LogP contribution in [0.25, 0.3) is 11.3 Å². The number of carbonyl (C=O) groups excluding carboxylic acids is 1. The Morgan fingerprint density at radius 1 is 1.00 bits per heavy atom. The smallest absolute Gasteiger partial charge is 0.344 e. The van der Waals surface area contributed by atoms with E-state index in [0.717, 1.165) is 11.1 Å². The van der Waals surface area contributed by atoms with E-state index in [1.807, 2.05) is 31.2 Å². The lowest BCUT2D eigenvalue weighted by atomic mass is 10.1. The number of para-hydroxylation sites is 1. The van der Waals surface area contributed by atoms with Crippen molar-refractivity contribution in [3.05, 3.63) is 59.8 Å².